The molecule has 0 aliphatic heterocycles. The Hall–Kier alpha value is -1.69. The van der Waals surface area contributed by atoms with Gasteiger partial charge in [0.25, 0.3) is 5.56 Å². The highest BCUT2D eigenvalue weighted by Gasteiger charge is 2.09. The topological polar surface area (TPSA) is 76.7 Å². The predicted octanol–water partition coefficient (Wildman–Crippen LogP) is 3.51. The van der Waals surface area contributed by atoms with Gasteiger partial charge in [0.05, 0.1) is 27.8 Å². The van der Waals surface area contributed by atoms with E-state index in [4.69, 9.17) is 4.74 Å². The average Bonchev–Trinajstić information content (AvgIpc) is 2.58. The van der Waals surface area contributed by atoms with Gasteiger partial charge in [0.15, 0.2) is 11.5 Å². The summed E-state index contributed by atoms with van der Waals surface area (Å²) in [6, 6.07) is 8.93. The fourth-order valence-corrected chi connectivity index (χ4v) is 3.46. The monoisotopic (exact) mass is 561 g/mol. The summed E-state index contributed by atoms with van der Waals surface area (Å²) in [5.74, 6) is 0.926. The lowest BCUT2D eigenvalue weighted by atomic mass is 10.2. The lowest BCUT2D eigenvalue weighted by Gasteiger charge is -2.07. The molecule has 1 aromatic heterocycles. The van der Waals surface area contributed by atoms with Crippen LogP contribution < -0.4 is 10.3 Å². The second-order valence-corrected chi connectivity index (χ2v) is 7.64. The van der Waals surface area contributed by atoms with Crippen LogP contribution in [0, 0.1) is 14.1 Å². The van der Waals surface area contributed by atoms with Crippen LogP contribution in [0.15, 0.2) is 40.2 Å². The molecule has 128 valence electrons. The number of nitrogens with zero attached hydrogens (tertiary/aromatic N) is 3. The van der Waals surface area contributed by atoms with E-state index >= 15 is 0 Å². The van der Waals surface area contributed by atoms with Crippen molar-refractivity contribution in [1.82, 2.24) is 9.66 Å². The van der Waals surface area contributed by atoms with E-state index in [9.17, 15) is 9.90 Å². The Bertz CT molecular complexity index is 1060. The summed E-state index contributed by atoms with van der Waals surface area (Å²) in [6.45, 7) is 1.73. The molecule has 3 rings (SSSR count). The number of hydrogen-bond donors (Lipinski definition) is 1. The van der Waals surface area contributed by atoms with Crippen LogP contribution >= 0.6 is 45.2 Å². The summed E-state index contributed by atoms with van der Waals surface area (Å²) in [5.41, 5.74) is 1.13. The van der Waals surface area contributed by atoms with E-state index in [1.807, 2.05) is 34.7 Å². The van der Waals surface area contributed by atoms with Crippen LogP contribution in [-0.4, -0.2) is 28.1 Å². The number of methoxy groups -OCH3 is 1. The number of benzene rings is 2. The predicted molar refractivity (Wildman–Crippen MR) is 114 cm³/mol. The Kier molecular flexibility index (Phi) is 5.27. The number of phenolic OH excluding ortho intramolecular Hbond substituents is 1. The van der Waals surface area contributed by atoms with Crippen molar-refractivity contribution in [3.8, 4) is 11.5 Å². The summed E-state index contributed by atoms with van der Waals surface area (Å²) in [7, 11) is 1.48. The normalized spacial score (nSPS) is 11.4. The summed E-state index contributed by atoms with van der Waals surface area (Å²) in [6.07, 6.45) is 1.54. The maximum absolute atomic E-state index is 12.7. The van der Waals surface area contributed by atoms with Crippen LogP contribution in [0.3, 0.4) is 0 Å². The van der Waals surface area contributed by atoms with Gasteiger partial charge in [0, 0.05) is 3.57 Å². The van der Waals surface area contributed by atoms with Gasteiger partial charge in [-0.25, -0.2) is 4.98 Å². The Morgan fingerprint density at radius 1 is 1.28 bits per heavy atom. The molecule has 8 heteroatoms. The van der Waals surface area contributed by atoms with Gasteiger partial charge in [-0.1, -0.05) is 0 Å². The lowest BCUT2D eigenvalue weighted by Crippen LogP contribution is -2.20. The molecule has 0 aliphatic carbocycles. The molecule has 25 heavy (non-hydrogen) atoms. The lowest BCUT2D eigenvalue weighted by molar-refractivity contribution is 0.371. The molecule has 0 unspecified atom stereocenters. The van der Waals surface area contributed by atoms with E-state index in [0.717, 1.165) is 3.57 Å². The zero-order chi connectivity index (χ0) is 18.1. The van der Waals surface area contributed by atoms with Gasteiger partial charge in [0.2, 0.25) is 0 Å². The molecule has 0 saturated heterocycles. The number of aromatic nitrogens is 2. The quantitative estimate of drug-likeness (QED) is 0.393. The molecule has 1 heterocycles. The maximum atomic E-state index is 12.7. The van der Waals surface area contributed by atoms with Crippen molar-refractivity contribution in [2.24, 2.45) is 5.10 Å². The molecular weight excluding hydrogens is 548 g/mol. The first-order valence-corrected chi connectivity index (χ1v) is 9.36. The molecule has 6 nitrogen and oxygen atoms in total. The Morgan fingerprint density at radius 3 is 2.76 bits per heavy atom. The van der Waals surface area contributed by atoms with Crippen LogP contribution in [0.2, 0.25) is 0 Å². The number of aromatic hydroxyl groups is 1. The molecule has 0 spiro atoms. The fourth-order valence-electron chi connectivity index (χ4n) is 2.34. The Balaban J connectivity index is 2.10. The number of hydrogen-bond acceptors (Lipinski definition) is 5. The highest BCUT2D eigenvalue weighted by molar-refractivity contribution is 14.1. The van der Waals surface area contributed by atoms with Crippen LogP contribution in [0.1, 0.15) is 11.4 Å². The number of ether oxygens (including phenoxy) is 1. The molecule has 0 bridgehead atoms. The molecule has 2 aromatic carbocycles. The summed E-state index contributed by atoms with van der Waals surface area (Å²) in [4.78, 5) is 17.1. The largest absolute Gasteiger partial charge is 0.504 e. The van der Waals surface area contributed by atoms with Gasteiger partial charge >= 0.3 is 0 Å². The van der Waals surface area contributed by atoms with E-state index in [1.54, 1.807) is 31.3 Å². The summed E-state index contributed by atoms with van der Waals surface area (Å²) in [5, 5.41) is 14.7. The number of aryl methyl sites for hydroxylation is 1. The molecule has 0 saturated carbocycles. The maximum Gasteiger partial charge on any atom is 0.282 e. The molecule has 0 aliphatic rings. The summed E-state index contributed by atoms with van der Waals surface area (Å²) < 4.78 is 8.00. The minimum atomic E-state index is -0.224. The second-order valence-electron chi connectivity index (χ2n) is 5.24. The van der Waals surface area contributed by atoms with Crippen molar-refractivity contribution in [1.29, 1.82) is 0 Å². The minimum Gasteiger partial charge on any atom is -0.504 e. The second kappa shape index (κ2) is 7.28. The van der Waals surface area contributed by atoms with Gasteiger partial charge in [-0.15, -0.1) is 0 Å². The third-order valence-corrected chi connectivity index (χ3v) is 5.06. The van der Waals surface area contributed by atoms with Crippen molar-refractivity contribution in [2.75, 3.05) is 7.11 Å². The number of rotatable bonds is 3. The van der Waals surface area contributed by atoms with Crippen molar-refractivity contribution < 1.29 is 9.84 Å². The van der Waals surface area contributed by atoms with Crippen molar-refractivity contribution >= 4 is 62.3 Å². The number of halogens is 2. The van der Waals surface area contributed by atoms with Crippen LogP contribution in [0.5, 0.6) is 11.5 Å². The first-order valence-electron chi connectivity index (χ1n) is 7.20. The molecular formula is C17H13I2N3O3. The van der Waals surface area contributed by atoms with E-state index in [-0.39, 0.29) is 11.3 Å². The fraction of sp³-hybridized carbons (Fsp3) is 0.118. The third-order valence-electron chi connectivity index (χ3n) is 3.56. The van der Waals surface area contributed by atoms with Crippen LogP contribution in [-0.2, 0) is 0 Å². The van der Waals surface area contributed by atoms with Crippen molar-refractivity contribution in [3.63, 3.8) is 0 Å². The smallest absolute Gasteiger partial charge is 0.282 e. The number of phenols is 1. The van der Waals surface area contributed by atoms with Gasteiger partial charge in [0.1, 0.15) is 5.82 Å². The average molecular weight is 561 g/mol. The first kappa shape index (κ1) is 18.1. The standard InChI is InChI=1S/C17H13I2N3O3/c1-9-21-14-4-3-11(18)7-12(14)17(24)22(9)20-8-10-5-13(19)16(23)15(6-10)25-2/h3-8,23H,1-2H3/b20-8+. The van der Waals surface area contributed by atoms with Gasteiger partial charge in [-0.2, -0.15) is 9.78 Å². The Labute approximate surface area is 170 Å². The third kappa shape index (κ3) is 3.64. The van der Waals surface area contributed by atoms with Gasteiger partial charge < -0.3 is 9.84 Å². The molecule has 0 fully saturated rings. The van der Waals surface area contributed by atoms with Crippen molar-refractivity contribution in [3.05, 3.63) is 59.2 Å². The van der Waals surface area contributed by atoms with Crippen molar-refractivity contribution in [2.45, 2.75) is 6.92 Å². The molecule has 3 aromatic rings. The molecule has 0 atom stereocenters. The van der Waals surface area contributed by atoms with Crippen LogP contribution in [0.4, 0.5) is 0 Å². The van der Waals surface area contributed by atoms with Crippen LogP contribution in [0.25, 0.3) is 10.9 Å². The molecule has 0 radical (unpaired) electrons. The minimum absolute atomic E-state index is 0.0792. The van der Waals surface area contributed by atoms with E-state index in [2.05, 4.69) is 32.7 Å². The molecule has 0 amide bonds. The highest BCUT2D eigenvalue weighted by Crippen LogP contribution is 2.31. The Morgan fingerprint density at radius 2 is 2.04 bits per heavy atom. The van der Waals surface area contributed by atoms with Gasteiger partial charge in [-0.3, -0.25) is 4.79 Å². The zero-order valence-electron chi connectivity index (χ0n) is 13.3. The van der Waals surface area contributed by atoms with E-state index in [0.29, 0.717) is 31.6 Å². The first-order chi connectivity index (χ1) is 11.9. The van der Waals surface area contributed by atoms with E-state index in [1.165, 1.54) is 11.8 Å². The SMILES string of the molecule is COc1cc(/C=N/n2c(C)nc3ccc(I)cc3c2=O)cc(I)c1O. The number of fused-ring (bicyclic) bond motifs is 1. The molecule has 1 N–H and O–H groups in total. The summed E-state index contributed by atoms with van der Waals surface area (Å²) >= 11 is 4.17. The highest BCUT2D eigenvalue weighted by atomic mass is 127. The van der Waals surface area contributed by atoms with Gasteiger partial charge in [-0.05, 0) is 88.0 Å². The van der Waals surface area contributed by atoms with E-state index < -0.39 is 0 Å². The zero-order valence-corrected chi connectivity index (χ0v) is 17.6.